The molecule has 2 aromatic heterocycles. The first-order valence-corrected chi connectivity index (χ1v) is 10.4. The van der Waals surface area contributed by atoms with Crippen LogP contribution in [0, 0.1) is 6.92 Å². The first-order chi connectivity index (χ1) is 14.0. The van der Waals surface area contributed by atoms with E-state index in [0.717, 1.165) is 54.2 Å². The van der Waals surface area contributed by atoms with Crippen molar-refractivity contribution in [2.45, 2.75) is 39.5 Å². The zero-order valence-electron chi connectivity index (χ0n) is 18.1. The molecular weight excluding hydrogens is 364 g/mol. The Balaban J connectivity index is 0.00000117. The molecule has 0 saturated carbocycles. The fourth-order valence-electron chi connectivity index (χ4n) is 3.95. The highest BCUT2D eigenvalue weighted by atomic mass is 16.2. The van der Waals surface area contributed by atoms with Gasteiger partial charge < -0.3 is 9.88 Å². The van der Waals surface area contributed by atoms with Crippen molar-refractivity contribution in [3.05, 3.63) is 42.0 Å². The molecule has 29 heavy (non-hydrogen) atoms. The number of anilines is 1. The first-order valence-electron chi connectivity index (χ1n) is 10.4. The summed E-state index contributed by atoms with van der Waals surface area (Å²) in [6.45, 7) is 8.15. The monoisotopic (exact) mass is 396 g/mol. The number of carbonyl (C=O) groups is 1. The van der Waals surface area contributed by atoms with E-state index in [1.165, 1.54) is 0 Å². The lowest BCUT2D eigenvalue weighted by Crippen LogP contribution is -2.40. The lowest BCUT2D eigenvalue weighted by Gasteiger charge is -2.31. The fraction of sp³-hybridized carbons (Fsp3) is 0.500. The van der Waals surface area contributed by atoms with Crippen molar-refractivity contribution in [2.75, 3.05) is 25.0 Å². The number of rotatable bonds is 4. The summed E-state index contributed by atoms with van der Waals surface area (Å²) in [5, 5.41) is 7.16. The van der Waals surface area contributed by atoms with E-state index in [9.17, 15) is 4.79 Å². The SMILES string of the molecule is CC.Cc1c(NC(=O)CN2CCCC(c3nc4ccccc4n3C)C2)cnn1C. The summed E-state index contributed by atoms with van der Waals surface area (Å²) in [6.07, 6.45) is 3.88. The Morgan fingerprint density at radius 3 is 2.69 bits per heavy atom. The van der Waals surface area contributed by atoms with Gasteiger partial charge in [0.05, 0.1) is 35.2 Å². The molecule has 1 aliphatic heterocycles. The Morgan fingerprint density at radius 2 is 2.00 bits per heavy atom. The van der Waals surface area contributed by atoms with Gasteiger partial charge in [0.25, 0.3) is 0 Å². The van der Waals surface area contributed by atoms with Crippen molar-refractivity contribution < 1.29 is 4.79 Å². The highest BCUT2D eigenvalue weighted by Crippen LogP contribution is 2.28. The van der Waals surface area contributed by atoms with Crippen LogP contribution in [0.2, 0.25) is 0 Å². The van der Waals surface area contributed by atoms with Gasteiger partial charge in [0.2, 0.25) is 5.91 Å². The number of nitrogens with one attached hydrogen (secondary N) is 1. The Morgan fingerprint density at radius 1 is 1.24 bits per heavy atom. The van der Waals surface area contributed by atoms with Crippen molar-refractivity contribution in [2.24, 2.45) is 14.1 Å². The lowest BCUT2D eigenvalue weighted by atomic mass is 9.97. The first kappa shape index (κ1) is 21.0. The number of para-hydroxylation sites is 2. The third-order valence-electron chi connectivity index (χ3n) is 5.57. The molecule has 0 radical (unpaired) electrons. The van der Waals surface area contributed by atoms with Gasteiger partial charge in [-0.05, 0) is 38.4 Å². The maximum Gasteiger partial charge on any atom is 0.238 e. The molecule has 1 fully saturated rings. The molecule has 7 nitrogen and oxygen atoms in total. The number of likely N-dealkylation sites (tertiary alicyclic amines) is 1. The molecule has 0 bridgehead atoms. The van der Waals surface area contributed by atoms with Gasteiger partial charge in [-0.2, -0.15) is 5.10 Å². The van der Waals surface area contributed by atoms with Crippen molar-refractivity contribution >= 4 is 22.6 Å². The number of piperidine rings is 1. The fourth-order valence-corrected chi connectivity index (χ4v) is 3.95. The Hall–Kier alpha value is -2.67. The quantitative estimate of drug-likeness (QED) is 0.733. The molecule has 1 N–H and O–H groups in total. The van der Waals surface area contributed by atoms with Gasteiger partial charge in [-0.1, -0.05) is 26.0 Å². The Bertz CT molecular complexity index is 973. The van der Waals surface area contributed by atoms with E-state index in [4.69, 9.17) is 4.98 Å². The standard InChI is InChI=1S/C20H26N6O.C2H6/c1-14-17(11-21-25(14)3)22-19(27)13-26-10-6-7-15(12-26)20-23-16-8-4-5-9-18(16)24(20)2;1-2/h4-5,8-9,11,15H,6-7,10,12-13H2,1-3H3,(H,22,27);1-2H3. The van der Waals surface area contributed by atoms with E-state index in [0.29, 0.717) is 12.5 Å². The van der Waals surface area contributed by atoms with Gasteiger partial charge in [0.15, 0.2) is 0 Å². The average molecular weight is 397 g/mol. The number of carbonyl (C=O) groups excluding carboxylic acids is 1. The minimum absolute atomic E-state index is 0.0109. The van der Waals surface area contributed by atoms with Crippen LogP contribution in [-0.4, -0.2) is 49.8 Å². The summed E-state index contributed by atoms with van der Waals surface area (Å²) < 4.78 is 3.96. The van der Waals surface area contributed by atoms with Crippen molar-refractivity contribution in [1.82, 2.24) is 24.2 Å². The van der Waals surface area contributed by atoms with E-state index >= 15 is 0 Å². The number of aryl methyl sites for hydroxylation is 2. The number of aromatic nitrogens is 4. The van der Waals surface area contributed by atoms with Gasteiger partial charge in [0.1, 0.15) is 5.82 Å². The molecule has 1 unspecified atom stereocenters. The molecule has 1 atom stereocenters. The topological polar surface area (TPSA) is 68.0 Å². The van der Waals surface area contributed by atoms with Crippen LogP contribution in [0.5, 0.6) is 0 Å². The van der Waals surface area contributed by atoms with Crippen molar-refractivity contribution in [3.63, 3.8) is 0 Å². The number of nitrogens with zero attached hydrogens (tertiary/aromatic N) is 5. The molecular formula is C22H32N6O. The van der Waals surface area contributed by atoms with Crippen molar-refractivity contribution in [1.29, 1.82) is 0 Å². The zero-order chi connectivity index (χ0) is 21.0. The van der Waals surface area contributed by atoms with Crippen LogP contribution < -0.4 is 5.32 Å². The van der Waals surface area contributed by atoms with Crippen LogP contribution in [-0.2, 0) is 18.9 Å². The molecule has 7 heteroatoms. The summed E-state index contributed by atoms with van der Waals surface area (Å²) in [6, 6.07) is 8.24. The van der Waals surface area contributed by atoms with Gasteiger partial charge in [-0.15, -0.1) is 0 Å². The van der Waals surface area contributed by atoms with Crippen LogP contribution in [0.25, 0.3) is 11.0 Å². The predicted octanol–water partition coefficient (Wildman–Crippen LogP) is 3.46. The van der Waals surface area contributed by atoms with E-state index in [1.807, 2.05) is 40.0 Å². The Kier molecular flexibility index (Phi) is 6.69. The zero-order valence-corrected chi connectivity index (χ0v) is 18.1. The lowest BCUT2D eigenvalue weighted by molar-refractivity contribution is -0.117. The molecule has 3 aromatic rings. The second-order valence-corrected chi connectivity index (χ2v) is 7.41. The maximum absolute atomic E-state index is 12.5. The van der Waals surface area contributed by atoms with Crippen molar-refractivity contribution in [3.8, 4) is 0 Å². The minimum atomic E-state index is 0.0109. The third-order valence-corrected chi connectivity index (χ3v) is 5.57. The molecule has 0 aliphatic carbocycles. The molecule has 4 rings (SSSR count). The molecule has 1 saturated heterocycles. The Labute approximate surface area is 172 Å². The van der Waals surface area contributed by atoms with Crippen LogP contribution in [0.4, 0.5) is 5.69 Å². The number of fused-ring (bicyclic) bond motifs is 1. The molecule has 1 aromatic carbocycles. The van der Waals surface area contributed by atoms with E-state index in [-0.39, 0.29) is 5.91 Å². The van der Waals surface area contributed by atoms with E-state index in [1.54, 1.807) is 10.9 Å². The van der Waals surface area contributed by atoms with E-state index < -0.39 is 0 Å². The summed E-state index contributed by atoms with van der Waals surface area (Å²) in [5.74, 6) is 1.48. The summed E-state index contributed by atoms with van der Waals surface area (Å²) >= 11 is 0. The second kappa shape index (κ2) is 9.22. The largest absolute Gasteiger partial charge is 0.331 e. The third kappa shape index (κ3) is 4.50. The molecule has 0 spiro atoms. The normalized spacial score (nSPS) is 17.1. The van der Waals surface area contributed by atoms with Gasteiger partial charge in [-0.25, -0.2) is 4.98 Å². The second-order valence-electron chi connectivity index (χ2n) is 7.41. The minimum Gasteiger partial charge on any atom is -0.331 e. The van der Waals surface area contributed by atoms with Gasteiger partial charge >= 0.3 is 0 Å². The van der Waals surface area contributed by atoms with Crippen LogP contribution in [0.15, 0.2) is 30.5 Å². The van der Waals surface area contributed by atoms with Crippen LogP contribution in [0.3, 0.4) is 0 Å². The van der Waals surface area contributed by atoms with Gasteiger partial charge in [-0.3, -0.25) is 14.4 Å². The summed E-state index contributed by atoms with van der Waals surface area (Å²) in [5.41, 5.74) is 3.94. The molecule has 156 valence electrons. The number of hydrogen-bond donors (Lipinski definition) is 1. The summed E-state index contributed by atoms with van der Waals surface area (Å²) in [4.78, 5) is 19.6. The highest BCUT2D eigenvalue weighted by Gasteiger charge is 2.26. The summed E-state index contributed by atoms with van der Waals surface area (Å²) in [7, 11) is 3.96. The molecule has 1 amide bonds. The van der Waals surface area contributed by atoms with E-state index in [2.05, 4.69) is 39.1 Å². The maximum atomic E-state index is 12.5. The van der Waals surface area contributed by atoms with Crippen LogP contribution >= 0.6 is 0 Å². The van der Waals surface area contributed by atoms with Gasteiger partial charge in [0, 0.05) is 26.6 Å². The number of imidazole rings is 1. The van der Waals surface area contributed by atoms with Crippen LogP contribution in [0.1, 0.15) is 44.1 Å². The number of hydrogen-bond acceptors (Lipinski definition) is 4. The smallest absolute Gasteiger partial charge is 0.238 e. The predicted molar refractivity (Wildman–Crippen MR) is 117 cm³/mol. The number of amides is 1. The molecule has 3 heterocycles. The molecule has 1 aliphatic rings. The number of benzene rings is 1. The average Bonchev–Trinajstić information content (AvgIpc) is 3.24. The highest BCUT2D eigenvalue weighted by molar-refractivity contribution is 5.92.